The number of aromatic nitrogens is 1. The van der Waals surface area contributed by atoms with Gasteiger partial charge in [0, 0.05) is 23.1 Å². The van der Waals surface area contributed by atoms with E-state index in [0.717, 1.165) is 36.0 Å². The highest BCUT2D eigenvalue weighted by molar-refractivity contribution is 6.06. The molecule has 1 aromatic heterocycles. The van der Waals surface area contributed by atoms with Crippen molar-refractivity contribution in [3.63, 3.8) is 0 Å². The number of carbonyl (C=O) groups excluding carboxylic acids is 2. The molecule has 0 aliphatic rings. The van der Waals surface area contributed by atoms with Gasteiger partial charge in [0.2, 0.25) is 0 Å². The molecule has 24 heavy (non-hydrogen) atoms. The van der Waals surface area contributed by atoms with Crippen molar-refractivity contribution in [3.05, 3.63) is 29.5 Å². The summed E-state index contributed by atoms with van der Waals surface area (Å²) in [6.07, 6.45) is 2.08. The van der Waals surface area contributed by atoms with Crippen molar-refractivity contribution in [1.82, 2.24) is 4.57 Å². The lowest BCUT2D eigenvalue weighted by Crippen LogP contribution is -2.19. The summed E-state index contributed by atoms with van der Waals surface area (Å²) in [6.45, 7) is 6.78. The van der Waals surface area contributed by atoms with Gasteiger partial charge in [0.25, 0.3) is 5.91 Å². The van der Waals surface area contributed by atoms with Crippen molar-refractivity contribution in [2.45, 2.75) is 40.2 Å². The Morgan fingerprint density at radius 2 is 2.00 bits per heavy atom. The van der Waals surface area contributed by atoms with Gasteiger partial charge in [-0.25, -0.2) is 4.79 Å². The van der Waals surface area contributed by atoms with E-state index in [1.54, 1.807) is 19.1 Å². The zero-order chi connectivity index (χ0) is 17.7. The normalized spacial score (nSPS) is 10.8. The highest BCUT2D eigenvalue weighted by Crippen LogP contribution is 2.30. The van der Waals surface area contributed by atoms with E-state index in [1.165, 1.54) is 0 Å². The largest absolute Gasteiger partial charge is 0.484 e. The lowest BCUT2D eigenvalue weighted by Gasteiger charge is -2.08. The van der Waals surface area contributed by atoms with Gasteiger partial charge in [-0.2, -0.15) is 0 Å². The Hall–Kier alpha value is -2.50. The third-order valence-corrected chi connectivity index (χ3v) is 3.89. The number of carbonyl (C=O) groups is 2. The van der Waals surface area contributed by atoms with Gasteiger partial charge < -0.3 is 19.8 Å². The minimum Gasteiger partial charge on any atom is -0.484 e. The van der Waals surface area contributed by atoms with Crippen molar-refractivity contribution in [2.75, 3.05) is 13.2 Å². The van der Waals surface area contributed by atoms with Crippen LogP contribution in [0.2, 0.25) is 0 Å². The molecule has 2 aromatic rings. The number of primary amides is 1. The fourth-order valence-electron chi connectivity index (χ4n) is 2.77. The molecule has 130 valence electrons. The molecule has 0 fully saturated rings. The molecule has 2 rings (SSSR count). The molecule has 0 bridgehead atoms. The van der Waals surface area contributed by atoms with Crippen LogP contribution in [0.3, 0.4) is 0 Å². The molecule has 1 aromatic carbocycles. The Kier molecular flexibility index (Phi) is 5.84. The van der Waals surface area contributed by atoms with Crippen molar-refractivity contribution in [2.24, 2.45) is 5.73 Å². The summed E-state index contributed by atoms with van der Waals surface area (Å²) in [7, 11) is 0. The number of aryl methyl sites for hydroxylation is 1. The molecule has 0 spiro atoms. The van der Waals surface area contributed by atoms with E-state index in [-0.39, 0.29) is 12.6 Å². The van der Waals surface area contributed by atoms with Crippen molar-refractivity contribution in [1.29, 1.82) is 0 Å². The minimum atomic E-state index is -0.544. The summed E-state index contributed by atoms with van der Waals surface area (Å²) in [5, 5.41) is 0.768. The van der Waals surface area contributed by atoms with E-state index in [9.17, 15) is 9.59 Å². The third kappa shape index (κ3) is 3.69. The number of benzene rings is 1. The molecule has 6 heteroatoms. The number of hydrogen-bond donors (Lipinski definition) is 1. The molecule has 6 nitrogen and oxygen atoms in total. The average molecular weight is 332 g/mol. The third-order valence-electron chi connectivity index (χ3n) is 3.89. The number of amides is 1. The van der Waals surface area contributed by atoms with Gasteiger partial charge in [-0.15, -0.1) is 0 Å². The van der Waals surface area contributed by atoms with E-state index in [4.69, 9.17) is 15.2 Å². The van der Waals surface area contributed by atoms with Crippen LogP contribution < -0.4 is 10.5 Å². The Bertz CT molecular complexity index is 749. The second-order valence-corrected chi connectivity index (χ2v) is 5.62. The summed E-state index contributed by atoms with van der Waals surface area (Å²) in [5.41, 5.74) is 7.49. The van der Waals surface area contributed by atoms with Crippen LogP contribution in [0.1, 0.15) is 42.7 Å². The first-order valence-corrected chi connectivity index (χ1v) is 8.20. The van der Waals surface area contributed by atoms with Gasteiger partial charge in [-0.1, -0.05) is 13.3 Å². The van der Waals surface area contributed by atoms with Gasteiger partial charge in [-0.05, 0) is 38.5 Å². The van der Waals surface area contributed by atoms with Crippen LogP contribution in [0.4, 0.5) is 0 Å². The van der Waals surface area contributed by atoms with Crippen LogP contribution in [0.5, 0.6) is 5.75 Å². The first-order valence-electron chi connectivity index (χ1n) is 8.20. The minimum absolute atomic E-state index is 0.199. The molecule has 0 atom stereocenters. The van der Waals surface area contributed by atoms with E-state index in [1.807, 2.05) is 13.0 Å². The zero-order valence-electron chi connectivity index (χ0n) is 14.4. The van der Waals surface area contributed by atoms with Crippen LogP contribution >= 0.6 is 0 Å². The summed E-state index contributed by atoms with van der Waals surface area (Å²) < 4.78 is 12.7. The number of nitrogens with zero attached hydrogens (tertiary/aromatic N) is 1. The van der Waals surface area contributed by atoms with Crippen LogP contribution in [-0.4, -0.2) is 29.7 Å². The number of nitrogens with two attached hydrogens (primary N) is 1. The lowest BCUT2D eigenvalue weighted by molar-refractivity contribution is -0.119. The average Bonchev–Trinajstić information content (AvgIpc) is 2.82. The Labute approximate surface area is 141 Å². The van der Waals surface area contributed by atoms with Gasteiger partial charge in [0.1, 0.15) is 5.75 Å². The monoisotopic (exact) mass is 332 g/mol. The standard InChI is InChI=1S/C18H24N2O4/c1-4-6-9-20-12(3)17(18(22)23-5-2)14-10-13(7-8-15(14)20)24-11-16(19)21/h7-8,10H,4-6,9,11H2,1-3H3,(H2,19,21). The molecule has 2 N–H and O–H groups in total. The molecule has 0 saturated heterocycles. The Morgan fingerprint density at radius 1 is 1.25 bits per heavy atom. The molecular weight excluding hydrogens is 308 g/mol. The molecule has 1 amide bonds. The van der Waals surface area contributed by atoms with Gasteiger partial charge in [0.05, 0.1) is 12.2 Å². The lowest BCUT2D eigenvalue weighted by atomic mass is 10.1. The van der Waals surface area contributed by atoms with E-state index >= 15 is 0 Å². The Balaban J connectivity index is 2.53. The maximum Gasteiger partial charge on any atom is 0.340 e. The molecule has 1 heterocycles. The second kappa shape index (κ2) is 7.86. The SMILES string of the molecule is CCCCn1c(C)c(C(=O)OCC)c2cc(OCC(N)=O)ccc21. The van der Waals surface area contributed by atoms with Gasteiger partial charge in [-0.3, -0.25) is 4.79 Å². The molecule has 0 aliphatic carbocycles. The van der Waals surface area contributed by atoms with Crippen LogP contribution in [-0.2, 0) is 16.1 Å². The summed E-state index contributed by atoms with van der Waals surface area (Å²) in [5.74, 6) is -0.390. The number of fused-ring (bicyclic) bond motifs is 1. The van der Waals surface area contributed by atoms with Crippen molar-refractivity contribution < 1.29 is 19.1 Å². The van der Waals surface area contributed by atoms with E-state index in [0.29, 0.717) is 17.9 Å². The number of rotatable bonds is 8. The van der Waals surface area contributed by atoms with Crippen molar-refractivity contribution >= 4 is 22.8 Å². The van der Waals surface area contributed by atoms with Crippen LogP contribution in [0.25, 0.3) is 10.9 Å². The molecular formula is C18H24N2O4. The van der Waals surface area contributed by atoms with Gasteiger partial charge >= 0.3 is 5.97 Å². The van der Waals surface area contributed by atoms with E-state index < -0.39 is 5.91 Å². The summed E-state index contributed by atoms with van der Waals surface area (Å²) >= 11 is 0. The smallest absolute Gasteiger partial charge is 0.340 e. The quantitative estimate of drug-likeness (QED) is 0.753. The first-order chi connectivity index (χ1) is 11.5. The molecule has 0 saturated carbocycles. The van der Waals surface area contributed by atoms with Crippen LogP contribution in [0.15, 0.2) is 18.2 Å². The fraction of sp³-hybridized carbons (Fsp3) is 0.444. The molecule has 0 unspecified atom stereocenters. The Morgan fingerprint density at radius 3 is 2.62 bits per heavy atom. The second-order valence-electron chi connectivity index (χ2n) is 5.62. The summed E-state index contributed by atoms with van der Waals surface area (Å²) in [4.78, 5) is 23.3. The highest BCUT2D eigenvalue weighted by Gasteiger charge is 2.21. The zero-order valence-corrected chi connectivity index (χ0v) is 14.4. The topological polar surface area (TPSA) is 83.6 Å². The van der Waals surface area contributed by atoms with Gasteiger partial charge in [0.15, 0.2) is 6.61 Å². The molecule has 0 radical (unpaired) electrons. The predicted octanol–water partition coefficient (Wildman–Crippen LogP) is 2.79. The fourth-order valence-corrected chi connectivity index (χ4v) is 2.77. The van der Waals surface area contributed by atoms with Crippen LogP contribution in [0, 0.1) is 6.92 Å². The van der Waals surface area contributed by atoms with E-state index in [2.05, 4.69) is 11.5 Å². The maximum atomic E-state index is 12.4. The predicted molar refractivity (Wildman–Crippen MR) is 92.2 cm³/mol. The maximum absolute atomic E-state index is 12.4. The first kappa shape index (κ1) is 17.8. The number of unbranched alkanes of at least 4 members (excludes halogenated alkanes) is 1. The number of esters is 1. The molecule has 0 aliphatic heterocycles. The highest BCUT2D eigenvalue weighted by atomic mass is 16.5. The summed E-state index contributed by atoms with van der Waals surface area (Å²) in [6, 6.07) is 5.44. The van der Waals surface area contributed by atoms with Crippen molar-refractivity contribution in [3.8, 4) is 5.75 Å². The number of hydrogen-bond acceptors (Lipinski definition) is 4. The number of ether oxygens (including phenoxy) is 2.